The summed E-state index contributed by atoms with van der Waals surface area (Å²) < 4.78 is 0. The second-order valence-corrected chi connectivity index (χ2v) is 11.2. The Morgan fingerprint density at radius 3 is 2.48 bits per heavy atom. The van der Waals surface area contributed by atoms with Gasteiger partial charge >= 0.3 is 0 Å². The number of allylic oxidation sites excluding steroid dienone is 4. The van der Waals surface area contributed by atoms with Gasteiger partial charge in [0.15, 0.2) is 0 Å². The summed E-state index contributed by atoms with van der Waals surface area (Å²) in [5.41, 5.74) is 3.40. The van der Waals surface area contributed by atoms with Crippen LogP contribution < -0.4 is 10.2 Å². The van der Waals surface area contributed by atoms with E-state index in [-0.39, 0.29) is 0 Å². The highest BCUT2D eigenvalue weighted by atomic mass is 28.3. The molecule has 1 nitrogen and oxygen atoms in total. The van der Waals surface area contributed by atoms with Crippen LogP contribution in [0.1, 0.15) is 71.3 Å². The Morgan fingerprint density at radius 2 is 1.80 bits per heavy atom. The van der Waals surface area contributed by atoms with E-state index in [0.29, 0.717) is 11.5 Å². The standard InChI is InChI=1S/C23H34NSi/c1-18-11-8-9-15-21(18)25(24-20-13-6-5-7-14-20)22-16-10-12-19(22)17-23(2,3)4/h8-12,15,20,24H,5-7,13-14,16-17H2,1-4H3. The number of nitrogens with one attached hydrogen (secondary N) is 1. The maximum Gasteiger partial charge on any atom is 0.203 e. The average molecular weight is 353 g/mol. The molecule has 0 amide bonds. The highest BCUT2D eigenvalue weighted by Crippen LogP contribution is 2.32. The minimum absolute atomic E-state index is 0.346. The van der Waals surface area contributed by atoms with Crippen LogP contribution in [0.15, 0.2) is 47.2 Å². The first kappa shape index (κ1) is 18.7. The van der Waals surface area contributed by atoms with E-state index >= 15 is 0 Å². The fourth-order valence-electron chi connectivity index (χ4n) is 4.18. The predicted octanol–water partition coefficient (Wildman–Crippen LogP) is 5.35. The van der Waals surface area contributed by atoms with Crippen LogP contribution >= 0.6 is 0 Å². The van der Waals surface area contributed by atoms with Gasteiger partial charge in [0, 0.05) is 6.04 Å². The monoisotopic (exact) mass is 352 g/mol. The van der Waals surface area contributed by atoms with Crippen LogP contribution in [-0.2, 0) is 0 Å². The first-order chi connectivity index (χ1) is 11.9. The first-order valence-electron chi connectivity index (χ1n) is 10.0. The van der Waals surface area contributed by atoms with Gasteiger partial charge in [0.1, 0.15) is 0 Å². The summed E-state index contributed by atoms with van der Waals surface area (Å²) in [6, 6.07) is 9.78. The van der Waals surface area contributed by atoms with Crippen LogP contribution in [0.3, 0.4) is 0 Å². The highest BCUT2D eigenvalue weighted by Gasteiger charge is 2.29. The molecule has 0 heterocycles. The normalized spacial score (nSPS) is 19.2. The molecule has 0 spiro atoms. The Hall–Kier alpha value is -1.12. The smallest absolute Gasteiger partial charge is 0.203 e. The van der Waals surface area contributed by atoms with Crippen molar-refractivity contribution in [2.45, 2.75) is 78.7 Å². The van der Waals surface area contributed by atoms with E-state index in [1.54, 1.807) is 16.0 Å². The van der Waals surface area contributed by atoms with Crippen molar-refractivity contribution in [3.63, 3.8) is 0 Å². The van der Waals surface area contributed by atoms with E-state index in [4.69, 9.17) is 0 Å². The highest BCUT2D eigenvalue weighted by molar-refractivity contribution is 6.78. The van der Waals surface area contributed by atoms with E-state index in [1.807, 2.05) is 0 Å². The fraction of sp³-hybridized carbons (Fsp3) is 0.565. The Bertz CT molecular complexity index is 644. The molecule has 0 aromatic heterocycles. The predicted molar refractivity (Wildman–Crippen MR) is 111 cm³/mol. The van der Waals surface area contributed by atoms with Gasteiger partial charge in [0.25, 0.3) is 0 Å². The van der Waals surface area contributed by atoms with Crippen LogP contribution in [-0.4, -0.2) is 15.0 Å². The molecule has 1 fully saturated rings. The third-order valence-electron chi connectivity index (χ3n) is 5.42. The molecule has 0 bridgehead atoms. The number of hydrogen-bond acceptors (Lipinski definition) is 1. The minimum Gasteiger partial charge on any atom is -0.328 e. The van der Waals surface area contributed by atoms with Crippen molar-refractivity contribution in [1.82, 2.24) is 4.98 Å². The molecule has 1 aromatic carbocycles. The van der Waals surface area contributed by atoms with Crippen LogP contribution in [0.5, 0.6) is 0 Å². The Labute approximate surface area is 156 Å². The molecule has 2 aliphatic carbocycles. The third-order valence-corrected chi connectivity index (χ3v) is 8.34. The maximum absolute atomic E-state index is 4.17. The third kappa shape index (κ3) is 4.95. The quantitative estimate of drug-likeness (QED) is 0.705. The largest absolute Gasteiger partial charge is 0.328 e. The maximum atomic E-state index is 4.17. The summed E-state index contributed by atoms with van der Waals surface area (Å²) in [6.07, 6.45) is 14.1. The average Bonchev–Trinajstić information content (AvgIpc) is 3.00. The number of aryl methyl sites for hydroxylation is 1. The van der Waals surface area contributed by atoms with E-state index < -0.39 is 8.96 Å². The molecular weight excluding hydrogens is 318 g/mol. The molecular formula is C23H34NSi. The van der Waals surface area contributed by atoms with Crippen LogP contribution in [0.2, 0.25) is 0 Å². The molecule has 25 heavy (non-hydrogen) atoms. The van der Waals surface area contributed by atoms with Crippen molar-refractivity contribution in [3.05, 3.63) is 52.8 Å². The molecule has 0 unspecified atom stereocenters. The molecule has 1 saturated carbocycles. The molecule has 0 aliphatic heterocycles. The lowest BCUT2D eigenvalue weighted by Crippen LogP contribution is -2.53. The van der Waals surface area contributed by atoms with Crippen LogP contribution in [0, 0.1) is 12.3 Å². The Kier molecular flexibility index (Phi) is 6.01. The number of hydrogen-bond donors (Lipinski definition) is 1. The van der Waals surface area contributed by atoms with Gasteiger partial charge in [0.2, 0.25) is 8.96 Å². The first-order valence-corrected chi connectivity index (χ1v) is 11.5. The van der Waals surface area contributed by atoms with E-state index in [0.717, 1.165) is 6.42 Å². The number of rotatable bonds is 5. The Balaban J connectivity index is 1.93. The van der Waals surface area contributed by atoms with Crippen molar-refractivity contribution < 1.29 is 0 Å². The van der Waals surface area contributed by atoms with Gasteiger partial charge in [0.05, 0.1) is 0 Å². The summed E-state index contributed by atoms with van der Waals surface area (Å²) in [7, 11) is -0.882. The molecule has 2 aliphatic rings. The van der Waals surface area contributed by atoms with Crippen molar-refractivity contribution >= 4 is 14.1 Å². The van der Waals surface area contributed by atoms with Gasteiger partial charge in [-0.3, -0.25) is 0 Å². The van der Waals surface area contributed by atoms with Gasteiger partial charge in [-0.1, -0.05) is 92.8 Å². The van der Waals surface area contributed by atoms with Crippen LogP contribution in [0.4, 0.5) is 0 Å². The summed E-state index contributed by atoms with van der Waals surface area (Å²) >= 11 is 0. The lowest BCUT2D eigenvalue weighted by atomic mass is 9.88. The molecule has 3 rings (SSSR count). The van der Waals surface area contributed by atoms with Gasteiger partial charge in [-0.05, 0) is 43.2 Å². The number of benzene rings is 1. The second kappa shape index (κ2) is 8.05. The molecule has 135 valence electrons. The fourth-order valence-corrected chi connectivity index (χ4v) is 7.09. The van der Waals surface area contributed by atoms with E-state index in [1.165, 1.54) is 44.1 Å². The Morgan fingerprint density at radius 1 is 1.08 bits per heavy atom. The van der Waals surface area contributed by atoms with Crippen molar-refractivity contribution in [3.8, 4) is 0 Å². The van der Waals surface area contributed by atoms with Gasteiger partial charge in [-0.15, -0.1) is 0 Å². The van der Waals surface area contributed by atoms with Gasteiger partial charge in [-0.2, -0.15) is 0 Å². The zero-order valence-corrected chi connectivity index (χ0v) is 17.5. The zero-order chi connectivity index (χ0) is 17.9. The van der Waals surface area contributed by atoms with Crippen molar-refractivity contribution in [2.24, 2.45) is 5.41 Å². The van der Waals surface area contributed by atoms with Crippen LogP contribution in [0.25, 0.3) is 0 Å². The molecule has 1 aromatic rings. The molecule has 2 heteroatoms. The van der Waals surface area contributed by atoms with Crippen molar-refractivity contribution in [2.75, 3.05) is 0 Å². The molecule has 0 saturated heterocycles. The minimum atomic E-state index is -0.882. The molecule has 0 atom stereocenters. The summed E-state index contributed by atoms with van der Waals surface area (Å²) in [5.74, 6) is 0. The summed E-state index contributed by atoms with van der Waals surface area (Å²) in [6.45, 7) is 9.37. The topological polar surface area (TPSA) is 12.0 Å². The molecule has 1 N–H and O–H groups in total. The zero-order valence-electron chi connectivity index (χ0n) is 16.5. The second-order valence-electron chi connectivity index (χ2n) is 9.02. The van der Waals surface area contributed by atoms with Gasteiger partial charge < -0.3 is 4.98 Å². The molecule has 1 radical (unpaired) electrons. The lowest BCUT2D eigenvalue weighted by molar-refractivity contribution is 0.412. The van der Waals surface area contributed by atoms with Gasteiger partial charge in [-0.25, -0.2) is 0 Å². The van der Waals surface area contributed by atoms with E-state index in [9.17, 15) is 0 Å². The lowest BCUT2D eigenvalue weighted by Gasteiger charge is -2.30. The SMILES string of the molecule is Cc1ccccc1[Si](NC1CCCCC1)C1=C(CC(C)(C)C)C=CC1. The van der Waals surface area contributed by atoms with Crippen molar-refractivity contribution in [1.29, 1.82) is 0 Å². The summed E-state index contributed by atoms with van der Waals surface area (Å²) in [4.78, 5) is 4.17. The summed E-state index contributed by atoms with van der Waals surface area (Å²) in [5, 5.41) is 3.28. The van der Waals surface area contributed by atoms with E-state index in [2.05, 4.69) is 69.1 Å².